The standard InChI is InChI=1S/C17H31N3O2/c1-16(2,3)22-15(21)19-17(7-4-8-17)12-18-14-11-20-9-5-13(14)6-10-20/h13-14,18H,4-12H2,1-3H3,(H,19,21). The predicted octanol–water partition coefficient (Wildman–Crippen LogP) is 2.12. The smallest absolute Gasteiger partial charge is 0.408 e. The lowest BCUT2D eigenvalue weighted by Crippen LogP contribution is -2.64. The fourth-order valence-corrected chi connectivity index (χ4v) is 3.99. The number of nitrogens with zero attached hydrogens (tertiary/aromatic N) is 1. The number of alkyl carbamates (subject to hydrolysis) is 1. The predicted molar refractivity (Wildman–Crippen MR) is 86.9 cm³/mol. The van der Waals surface area contributed by atoms with Crippen LogP contribution in [0.25, 0.3) is 0 Å². The van der Waals surface area contributed by atoms with E-state index in [1.54, 1.807) is 0 Å². The van der Waals surface area contributed by atoms with Crippen molar-refractivity contribution in [3.05, 3.63) is 0 Å². The summed E-state index contributed by atoms with van der Waals surface area (Å²) in [6.07, 6.45) is 5.68. The van der Waals surface area contributed by atoms with Gasteiger partial charge in [-0.2, -0.15) is 0 Å². The Morgan fingerprint density at radius 2 is 1.95 bits per heavy atom. The van der Waals surface area contributed by atoms with Crippen molar-refractivity contribution < 1.29 is 9.53 Å². The van der Waals surface area contributed by atoms with E-state index in [2.05, 4.69) is 15.5 Å². The number of amides is 1. The number of piperidine rings is 3. The average Bonchev–Trinajstić information content (AvgIpc) is 2.41. The molecule has 0 aromatic rings. The largest absolute Gasteiger partial charge is 0.444 e. The third kappa shape index (κ3) is 3.74. The van der Waals surface area contributed by atoms with E-state index in [1.807, 2.05) is 20.8 Å². The van der Waals surface area contributed by atoms with Crippen LogP contribution in [0, 0.1) is 5.92 Å². The lowest BCUT2D eigenvalue weighted by atomic mass is 9.76. The molecule has 5 heteroatoms. The third-order valence-electron chi connectivity index (χ3n) is 5.44. The van der Waals surface area contributed by atoms with E-state index in [0.717, 1.165) is 25.3 Å². The molecule has 3 heterocycles. The maximum absolute atomic E-state index is 12.1. The van der Waals surface area contributed by atoms with Gasteiger partial charge in [0.05, 0.1) is 5.54 Å². The van der Waals surface area contributed by atoms with Gasteiger partial charge in [0.1, 0.15) is 5.60 Å². The molecule has 3 aliphatic heterocycles. The molecule has 3 saturated heterocycles. The highest BCUT2D eigenvalue weighted by Crippen LogP contribution is 2.33. The van der Waals surface area contributed by atoms with Gasteiger partial charge in [-0.3, -0.25) is 0 Å². The second-order valence-electron chi connectivity index (χ2n) is 8.39. The van der Waals surface area contributed by atoms with Crippen LogP contribution in [0.4, 0.5) is 4.79 Å². The molecule has 1 atom stereocenters. The first kappa shape index (κ1) is 16.1. The second kappa shape index (κ2) is 6.00. The van der Waals surface area contributed by atoms with Crippen LogP contribution in [0.3, 0.4) is 0 Å². The Hall–Kier alpha value is -0.810. The van der Waals surface area contributed by atoms with Gasteiger partial charge in [-0.25, -0.2) is 4.79 Å². The Labute approximate surface area is 134 Å². The zero-order chi connectivity index (χ0) is 15.8. The van der Waals surface area contributed by atoms with Gasteiger partial charge in [0, 0.05) is 19.1 Å². The number of nitrogens with one attached hydrogen (secondary N) is 2. The van der Waals surface area contributed by atoms with Gasteiger partial charge in [-0.1, -0.05) is 0 Å². The molecule has 1 aliphatic carbocycles. The van der Waals surface area contributed by atoms with Gasteiger partial charge in [0.15, 0.2) is 0 Å². The molecule has 0 aromatic heterocycles. The molecule has 5 nitrogen and oxygen atoms in total. The third-order valence-corrected chi connectivity index (χ3v) is 5.44. The summed E-state index contributed by atoms with van der Waals surface area (Å²) in [5, 5.41) is 6.88. The second-order valence-corrected chi connectivity index (χ2v) is 8.39. The summed E-state index contributed by atoms with van der Waals surface area (Å²) >= 11 is 0. The van der Waals surface area contributed by atoms with E-state index in [-0.39, 0.29) is 11.6 Å². The van der Waals surface area contributed by atoms with E-state index in [9.17, 15) is 4.79 Å². The van der Waals surface area contributed by atoms with Crippen molar-refractivity contribution in [3.63, 3.8) is 0 Å². The van der Waals surface area contributed by atoms with Crippen molar-refractivity contribution in [2.24, 2.45) is 5.92 Å². The summed E-state index contributed by atoms with van der Waals surface area (Å²) in [6.45, 7) is 10.3. The first-order valence-electron chi connectivity index (χ1n) is 8.82. The van der Waals surface area contributed by atoms with Crippen LogP contribution < -0.4 is 10.6 Å². The van der Waals surface area contributed by atoms with Gasteiger partial charge < -0.3 is 20.3 Å². The fraction of sp³-hybridized carbons (Fsp3) is 0.941. The Morgan fingerprint density at radius 1 is 1.27 bits per heavy atom. The number of hydrogen-bond donors (Lipinski definition) is 2. The zero-order valence-electron chi connectivity index (χ0n) is 14.3. The van der Waals surface area contributed by atoms with Crippen molar-refractivity contribution in [1.82, 2.24) is 15.5 Å². The van der Waals surface area contributed by atoms with Crippen LogP contribution in [-0.4, -0.2) is 54.4 Å². The first-order valence-corrected chi connectivity index (χ1v) is 8.82. The number of fused-ring (bicyclic) bond motifs is 3. The lowest BCUT2D eigenvalue weighted by Gasteiger charge is -2.48. The van der Waals surface area contributed by atoms with Gasteiger partial charge in [0.2, 0.25) is 0 Å². The molecule has 4 fully saturated rings. The van der Waals surface area contributed by atoms with Crippen molar-refractivity contribution in [2.75, 3.05) is 26.2 Å². The van der Waals surface area contributed by atoms with Crippen LogP contribution in [0.5, 0.6) is 0 Å². The first-order chi connectivity index (χ1) is 10.4. The van der Waals surface area contributed by atoms with E-state index in [0.29, 0.717) is 6.04 Å². The van der Waals surface area contributed by atoms with Gasteiger partial charge in [-0.05, 0) is 71.9 Å². The minimum absolute atomic E-state index is 0.0889. The average molecular weight is 309 g/mol. The van der Waals surface area contributed by atoms with Gasteiger partial charge in [0.25, 0.3) is 0 Å². The van der Waals surface area contributed by atoms with Crippen molar-refractivity contribution in [2.45, 2.75) is 70.1 Å². The topological polar surface area (TPSA) is 53.6 Å². The molecule has 1 amide bonds. The highest BCUT2D eigenvalue weighted by molar-refractivity contribution is 5.69. The van der Waals surface area contributed by atoms with E-state index in [4.69, 9.17) is 4.74 Å². The summed E-state index contributed by atoms with van der Waals surface area (Å²) in [4.78, 5) is 14.6. The monoisotopic (exact) mass is 309 g/mol. The summed E-state index contributed by atoms with van der Waals surface area (Å²) in [6, 6.07) is 0.598. The van der Waals surface area contributed by atoms with Crippen molar-refractivity contribution in [3.8, 4) is 0 Å². The molecular weight excluding hydrogens is 278 g/mol. The molecule has 0 aromatic carbocycles. The zero-order valence-corrected chi connectivity index (χ0v) is 14.3. The Morgan fingerprint density at radius 3 is 2.41 bits per heavy atom. The summed E-state index contributed by atoms with van der Waals surface area (Å²) < 4.78 is 5.42. The molecule has 4 rings (SSSR count). The molecule has 126 valence electrons. The molecule has 22 heavy (non-hydrogen) atoms. The lowest BCUT2D eigenvalue weighted by molar-refractivity contribution is 0.0335. The van der Waals surface area contributed by atoms with E-state index in [1.165, 1.54) is 38.9 Å². The number of carbonyl (C=O) groups is 1. The summed E-state index contributed by atoms with van der Waals surface area (Å²) in [5.74, 6) is 0.823. The number of rotatable bonds is 4. The SMILES string of the molecule is CC(C)(C)OC(=O)NC1(CNC2CN3CCC2CC3)CCC1. The fourth-order valence-electron chi connectivity index (χ4n) is 3.99. The molecule has 2 N–H and O–H groups in total. The van der Waals surface area contributed by atoms with E-state index >= 15 is 0 Å². The molecule has 0 spiro atoms. The normalized spacial score (nSPS) is 33.1. The maximum atomic E-state index is 12.1. The number of hydrogen-bond acceptors (Lipinski definition) is 4. The molecule has 1 saturated carbocycles. The maximum Gasteiger partial charge on any atom is 0.408 e. The minimum Gasteiger partial charge on any atom is -0.444 e. The molecular formula is C17H31N3O2. The summed E-state index contributed by atoms with van der Waals surface area (Å²) in [7, 11) is 0. The van der Waals surface area contributed by atoms with Crippen LogP contribution in [0.2, 0.25) is 0 Å². The van der Waals surface area contributed by atoms with Crippen LogP contribution in [-0.2, 0) is 4.74 Å². The molecule has 4 aliphatic rings. The van der Waals surface area contributed by atoms with Crippen LogP contribution >= 0.6 is 0 Å². The Bertz CT molecular complexity index is 407. The van der Waals surface area contributed by atoms with Crippen molar-refractivity contribution in [1.29, 1.82) is 0 Å². The van der Waals surface area contributed by atoms with Gasteiger partial charge >= 0.3 is 6.09 Å². The molecule has 2 bridgehead atoms. The Kier molecular flexibility index (Phi) is 4.38. The van der Waals surface area contributed by atoms with Gasteiger partial charge in [-0.15, -0.1) is 0 Å². The Balaban J connectivity index is 1.50. The van der Waals surface area contributed by atoms with E-state index < -0.39 is 5.60 Å². The minimum atomic E-state index is -0.432. The van der Waals surface area contributed by atoms with Crippen LogP contribution in [0.15, 0.2) is 0 Å². The number of carbonyl (C=O) groups excluding carboxylic acids is 1. The van der Waals surface area contributed by atoms with Crippen molar-refractivity contribution >= 4 is 6.09 Å². The molecule has 1 unspecified atom stereocenters. The summed E-state index contributed by atoms with van der Waals surface area (Å²) in [5.41, 5.74) is -0.521. The highest BCUT2D eigenvalue weighted by atomic mass is 16.6. The number of ether oxygens (including phenoxy) is 1. The highest BCUT2D eigenvalue weighted by Gasteiger charge is 2.41. The quantitative estimate of drug-likeness (QED) is 0.835. The van der Waals surface area contributed by atoms with Crippen LogP contribution in [0.1, 0.15) is 52.9 Å². The molecule has 0 radical (unpaired) electrons.